The summed E-state index contributed by atoms with van der Waals surface area (Å²) in [6.07, 6.45) is 1.28. The van der Waals surface area contributed by atoms with Gasteiger partial charge < -0.3 is 24.8 Å². The van der Waals surface area contributed by atoms with E-state index in [1.54, 1.807) is 45.0 Å². The van der Waals surface area contributed by atoms with Crippen LogP contribution in [0.5, 0.6) is 5.75 Å². The third-order valence-electron chi connectivity index (χ3n) is 6.54. The summed E-state index contributed by atoms with van der Waals surface area (Å²) in [5.74, 6) is -0.764. The fraction of sp³-hybridized carbons (Fsp3) is 0.407. The van der Waals surface area contributed by atoms with Crippen molar-refractivity contribution in [2.45, 2.75) is 51.3 Å². The van der Waals surface area contributed by atoms with Gasteiger partial charge in [-0.15, -0.1) is 0 Å². The third-order valence-corrected chi connectivity index (χ3v) is 6.83. The minimum Gasteiger partial charge on any atom is -0.496 e. The van der Waals surface area contributed by atoms with Crippen molar-refractivity contribution in [1.29, 1.82) is 0 Å². The number of benzene rings is 2. The Morgan fingerprint density at radius 3 is 2.56 bits per heavy atom. The molecule has 1 aliphatic heterocycles. The number of carbonyl (C=O) groups excluding carboxylic acids is 1. The van der Waals surface area contributed by atoms with E-state index >= 15 is 0 Å². The Labute approximate surface area is 230 Å². The summed E-state index contributed by atoms with van der Waals surface area (Å²) in [6, 6.07) is 8.10. The van der Waals surface area contributed by atoms with Gasteiger partial charge in [0.05, 0.1) is 23.3 Å². The summed E-state index contributed by atoms with van der Waals surface area (Å²) in [5, 5.41) is 16.8. The molecule has 3 aromatic rings. The van der Waals surface area contributed by atoms with Crippen LogP contribution in [0.2, 0.25) is 5.02 Å². The zero-order valence-corrected chi connectivity index (χ0v) is 22.9. The van der Waals surface area contributed by atoms with Crippen molar-refractivity contribution in [2.24, 2.45) is 0 Å². The van der Waals surface area contributed by atoms with Gasteiger partial charge in [0.1, 0.15) is 29.0 Å². The Kier molecular flexibility index (Phi) is 8.12. The minimum absolute atomic E-state index is 0.0263. The van der Waals surface area contributed by atoms with Crippen LogP contribution in [0, 0.1) is 5.82 Å². The highest BCUT2D eigenvalue weighted by atomic mass is 35.5. The molecule has 0 saturated carbocycles. The highest BCUT2D eigenvalue weighted by molar-refractivity contribution is 6.31. The second kappa shape index (κ2) is 11.2. The van der Waals surface area contributed by atoms with Crippen LogP contribution in [0.25, 0.3) is 10.9 Å². The molecule has 2 heterocycles. The number of nitrogens with zero attached hydrogens (tertiary/aromatic N) is 3. The maximum absolute atomic E-state index is 14.5. The molecule has 10 nitrogen and oxygen atoms in total. The number of rotatable bonds is 7. The second-order valence-corrected chi connectivity index (χ2v) is 10.7. The van der Waals surface area contributed by atoms with E-state index in [-0.39, 0.29) is 43.2 Å². The topological polar surface area (TPSA) is 126 Å². The van der Waals surface area contributed by atoms with Gasteiger partial charge in [-0.05, 0) is 51.8 Å². The molecular weight excluding hydrogens is 529 g/mol. The van der Waals surface area contributed by atoms with E-state index in [1.807, 2.05) is 0 Å². The average Bonchev–Trinajstić information content (AvgIpc) is 2.89. The Morgan fingerprint density at radius 2 is 1.92 bits per heavy atom. The van der Waals surface area contributed by atoms with Crippen LogP contribution < -0.4 is 15.4 Å². The van der Waals surface area contributed by atoms with Gasteiger partial charge >= 0.3 is 12.1 Å². The van der Waals surface area contributed by atoms with Gasteiger partial charge in [0.2, 0.25) is 0 Å². The lowest BCUT2D eigenvalue weighted by atomic mass is 9.87. The molecule has 1 saturated heterocycles. The molecule has 0 radical (unpaired) electrons. The molecule has 12 heteroatoms. The molecular formula is C27H31ClFN5O5. The van der Waals surface area contributed by atoms with Crippen LogP contribution in [0.1, 0.15) is 39.2 Å². The predicted octanol–water partition coefficient (Wildman–Crippen LogP) is 5.12. The lowest BCUT2D eigenvalue weighted by Crippen LogP contribution is -2.59. The van der Waals surface area contributed by atoms with Gasteiger partial charge in [0, 0.05) is 36.7 Å². The number of methoxy groups -OCH3 is 1. The number of fused-ring (bicyclic) bond motifs is 1. The van der Waals surface area contributed by atoms with Gasteiger partial charge in [-0.3, -0.25) is 10.1 Å². The Hall–Kier alpha value is -3.70. The van der Waals surface area contributed by atoms with Gasteiger partial charge in [0.25, 0.3) is 0 Å². The van der Waals surface area contributed by atoms with Gasteiger partial charge in [-0.2, -0.15) is 0 Å². The summed E-state index contributed by atoms with van der Waals surface area (Å²) >= 11 is 5.92. The van der Waals surface area contributed by atoms with Crippen molar-refractivity contribution in [3.63, 3.8) is 0 Å². The molecule has 0 atom stereocenters. The number of carboxylic acids is 1. The normalized spacial score (nSPS) is 15.2. The summed E-state index contributed by atoms with van der Waals surface area (Å²) in [7, 11) is 1.51. The average molecular weight is 560 g/mol. The van der Waals surface area contributed by atoms with E-state index in [1.165, 1.54) is 24.4 Å². The highest BCUT2D eigenvalue weighted by Gasteiger charge is 2.43. The number of aromatic nitrogens is 2. The van der Waals surface area contributed by atoms with Gasteiger partial charge in [-0.25, -0.2) is 19.2 Å². The highest BCUT2D eigenvalue weighted by Crippen LogP contribution is 2.32. The molecule has 4 rings (SSSR count). The minimum atomic E-state index is -1.25. The first kappa shape index (κ1) is 28.3. The molecule has 1 amide bonds. The molecule has 2 aromatic carbocycles. The maximum Gasteiger partial charge on any atom is 0.410 e. The standard InChI is InChI=1S/C27H31ClFN5O5/c1-26(2,3)39-25(37)34-10-8-27(9-11-34,24(35)36)32-14-16-12-17-20(13-21(16)38-4)30-15-31-23(17)33-19-7-5-6-18(28)22(19)29/h5-7,12-13,15,32H,8-11,14H2,1-4H3,(H,35,36)(H,30,31,33). The maximum atomic E-state index is 14.5. The SMILES string of the molecule is COc1cc2ncnc(Nc3cccc(Cl)c3F)c2cc1CNC1(C(=O)O)CCN(C(=O)OC(C)(C)C)CC1. The smallest absolute Gasteiger partial charge is 0.410 e. The van der Waals surface area contributed by atoms with Crippen LogP contribution in [0.4, 0.5) is 20.7 Å². The number of hydrogen-bond donors (Lipinski definition) is 3. The molecule has 1 aliphatic rings. The van der Waals surface area contributed by atoms with Crippen molar-refractivity contribution < 1.29 is 28.6 Å². The van der Waals surface area contributed by atoms with Crippen molar-refractivity contribution >= 4 is 46.1 Å². The first-order valence-electron chi connectivity index (χ1n) is 12.4. The summed E-state index contributed by atoms with van der Waals surface area (Å²) in [6.45, 7) is 5.97. The number of amides is 1. The number of halogens is 2. The van der Waals surface area contributed by atoms with Crippen LogP contribution >= 0.6 is 11.6 Å². The van der Waals surface area contributed by atoms with E-state index in [2.05, 4.69) is 20.6 Å². The molecule has 1 aromatic heterocycles. The molecule has 0 spiro atoms. The molecule has 0 aliphatic carbocycles. The van der Waals surface area contributed by atoms with E-state index in [0.717, 1.165) is 0 Å². The van der Waals surface area contributed by atoms with Gasteiger partial charge in [-0.1, -0.05) is 17.7 Å². The lowest BCUT2D eigenvalue weighted by molar-refractivity contribution is -0.147. The number of likely N-dealkylation sites (tertiary alicyclic amines) is 1. The van der Waals surface area contributed by atoms with Crippen LogP contribution in [-0.4, -0.2) is 63.4 Å². The number of ether oxygens (including phenoxy) is 2. The van der Waals surface area contributed by atoms with Crippen LogP contribution in [-0.2, 0) is 16.1 Å². The monoisotopic (exact) mass is 559 g/mol. The quantitative estimate of drug-likeness (QED) is 0.361. The molecule has 3 N–H and O–H groups in total. The number of anilines is 2. The summed E-state index contributed by atoms with van der Waals surface area (Å²) < 4.78 is 25.5. The molecule has 0 bridgehead atoms. The van der Waals surface area contributed by atoms with Crippen LogP contribution in [0.3, 0.4) is 0 Å². The number of carbonyl (C=O) groups is 2. The van der Waals surface area contributed by atoms with E-state index in [4.69, 9.17) is 21.1 Å². The number of nitrogens with one attached hydrogen (secondary N) is 2. The molecule has 208 valence electrons. The van der Waals surface area contributed by atoms with Crippen molar-refractivity contribution in [3.8, 4) is 5.75 Å². The predicted molar refractivity (Wildman–Crippen MR) is 145 cm³/mol. The zero-order chi connectivity index (χ0) is 28.4. The van der Waals surface area contributed by atoms with Crippen molar-refractivity contribution in [3.05, 3.63) is 53.1 Å². The lowest BCUT2D eigenvalue weighted by Gasteiger charge is -2.39. The van der Waals surface area contributed by atoms with E-state index < -0.39 is 29.0 Å². The number of aliphatic carboxylic acids is 1. The van der Waals surface area contributed by atoms with E-state index in [9.17, 15) is 19.1 Å². The fourth-order valence-corrected chi connectivity index (χ4v) is 4.59. The van der Waals surface area contributed by atoms with E-state index in [0.29, 0.717) is 28.0 Å². The second-order valence-electron chi connectivity index (χ2n) is 10.3. The van der Waals surface area contributed by atoms with Crippen molar-refractivity contribution in [1.82, 2.24) is 20.2 Å². The largest absolute Gasteiger partial charge is 0.496 e. The van der Waals surface area contributed by atoms with Crippen molar-refractivity contribution in [2.75, 3.05) is 25.5 Å². The Balaban J connectivity index is 1.57. The molecule has 39 heavy (non-hydrogen) atoms. The van der Waals surface area contributed by atoms with Gasteiger partial charge in [0.15, 0.2) is 5.82 Å². The Morgan fingerprint density at radius 1 is 1.21 bits per heavy atom. The first-order valence-corrected chi connectivity index (χ1v) is 12.8. The number of hydrogen-bond acceptors (Lipinski definition) is 8. The Bertz CT molecular complexity index is 1390. The number of carboxylic acid groups (broad SMARTS) is 1. The first-order chi connectivity index (χ1) is 18.4. The molecule has 1 fully saturated rings. The third kappa shape index (κ3) is 6.31. The molecule has 0 unspecified atom stereocenters. The number of piperidine rings is 1. The fourth-order valence-electron chi connectivity index (χ4n) is 4.41. The summed E-state index contributed by atoms with van der Waals surface area (Å²) in [5.41, 5.74) is -0.533. The van der Waals surface area contributed by atoms with Crippen LogP contribution in [0.15, 0.2) is 36.7 Å². The summed E-state index contributed by atoms with van der Waals surface area (Å²) in [4.78, 5) is 34.9. The zero-order valence-electron chi connectivity index (χ0n) is 22.2.